The number of hydrogen-bond acceptors (Lipinski definition) is 5. The second-order valence-electron chi connectivity index (χ2n) is 4.20. The summed E-state index contributed by atoms with van der Waals surface area (Å²) >= 11 is 1.42. The van der Waals surface area contributed by atoms with Crippen LogP contribution < -0.4 is 9.47 Å². The van der Waals surface area contributed by atoms with Crippen molar-refractivity contribution < 1.29 is 24.2 Å². The third-order valence-electron chi connectivity index (χ3n) is 3.07. The molecule has 0 bridgehead atoms. The quantitative estimate of drug-likeness (QED) is 0.903. The van der Waals surface area contributed by atoms with Crippen LogP contribution in [0.2, 0.25) is 0 Å². The number of thioether (sulfide) groups is 1. The lowest BCUT2D eigenvalue weighted by Crippen LogP contribution is -2.41. The summed E-state index contributed by atoms with van der Waals surface area (Å²) in [6, 6.07) is 4.04. The number of rotatable bonds is 4. The van der Waals surface area contributed by atoms with E-state index in [9.17, 15) is 9.59 Å². The Labute approximate surface area is 120 Å². The second-order valence-corrected chi connectivity index (χ2v) is 5.19. The standard InChI is InChI=1S/C13H15NO5S/c1-18-8-3-4-9(11(5-8)19-2)12(15)14-7-20-6-10(14)13(16)17/h3-5,10H,6-7H2,1-2H3,(H,16,17). The maximum absolute atomic E-state index is 12.5. The lowest BCUT2D eigenvalue weighted by Gasteiger charge is -2.21. The molecule has 1 atom stereocenters. The number of carbonyl (C=O) groups excluding carboxylic acids is 1. The van der Waals surface area contributed by atoms with Gasteiger partial charge in [-0.3, -0.25) is 4.79 Å². The van der Waals surface area contributed by atoms with Gasteiger partial charge in [-0.15, -0.1) is 11.8 Å². The summed E-state index contributed by atoms with van der Waals surface area (Å²) in [6.07, 6.45) is 0. The fraction of sp³-hybridized carbons (Fsp3) is 0.385. The highest BCUT2D eigenvalue weighted by Crippen LogP contribution is 2.29. The van der Waals surface area contributed by atoms with E-state index in [1.165, 1.54) is 30.9 Å². The van der Waals surface area contributed by atoms with Crippen molar-refractivity contribution in [2.45, 2.75) is 6.04 Å². The Kier molecular flexibility index (Phi) is 4.39. The van der Waals surface area contributed by atoms with Gasteiger partial charge in [0.2, 0.25) is 0 Å². The largest absolute Gasteiger partial charge is 0.497 e. The first-order valence-electron chi connectivity index (χ1n) is 5.92. The summed E-state index contributed by atoms with van der Waals surface area (Å²) in [5.41, 5.74) is 0.335. The zero-order valence-corrected chi connectivity index (χ0v) is 12.0. The normalized spacial score (nSPS) is 17.9. The van der Waals surface area contributed by atoms with E-state index in [1.807, 2.05) is 0 Å². The highest BCUT2D eigenvalue weighted by atomic mass is 32.2. The van der Waals surface area contributed by atoms with Crippen LogP contribution in [0.1, 0.15) is 10.4 Å². The maximum Gasteiger partial charge on any atom is 0.327 e. The van der Waals surface area contributed by atoms with Crippen LogP contribution in [0.5, 0.6) is 11.5 Å². The van der Waals surface area contributed by atoms with E-state index in [1.54, 1.807) is 18.2 Å². The summed E-state index contributed by atoms with van der Waals surface area (Å²) < 4.78 is 10.3. The van der Waals surface area contributed by atoms with E-state index in [2.05, 4.69) is 0 Å². The van der Waals surface area contributed by atoms with Crippen LogP contribution in [0, 0.1) is 0 Å². The van der Waals surface area contributed by atoms with Crippen LogP contribution in [0.25, 0.3) is 0 Å². The number of carbonyl (C=O) groups is 2. The monoisotopic (exact) mass is 297 g/mol. The van der Waals surface area contributed by atoms with Crippen LogP contribution in [-0.2, 0) is 4.79 Å². The molecule has 1 aliphatic rings. The SMILES string of the molecule is COc1ccc(C(=O)N2CSCC2C(=O)O)c(OC)c1. The van der Waals surface area contributed by atoms with E-state index >= 15 is 0 Å². The molecule has 1 unspecified atom stereocenters. The van der Waals surface area contributed by atoms with E-state index in [0.717, 1.165) is 0 Å². The number of aliphatic carboxylic acids is 1. The Bertz CT molecular complexity index is 533. The van der Waals surface area contributed by atoms with Gasteiger partial charge >= 0.3 is 5.97 Å². The van der Waals surface area contributed by atoms with Crippen molar-refractivity contribution in [2.24, 2.45) is 0 Å². The summed E-state index contributed by atoms with van der Waals surface area (Å²) in [5.74, 6) is 0.377. The van der Waals surface area contributed by atoms with E-state index in [0.29, 0.717) is 28.7 Å². The predicted octanol–water partition coefficient (Wildman–Crippen LogP) is 1.30. The highest BCUT2D eigenvalue weighted by molar-refractivity contribution is 7.99. The van der Waals surface area contributed by atoms with Gasteiger partial charge in [0, 0.05) is 11.8 Å². The number of amides is 1. The van der Waals surface area contributed by atoms with Gasteiger partial charge in [0.05, 0.1) is 25.7 Å². The van der Waals surface area contributed by atoms with Crippen LogP contribution in [0.3, 0.4) is 0 Å². The van der Waals surface area contributed by atoms with Crippen molar-refractivity contribution in [3.8, 4) is 11.5 Å². The number of nitrogens with zero attached hydrogens (tertiary/aromatic N) is 1. The van der Waals surface area contributed by atoms with Gasteiger partial charge < -0.3 is 19.5 Å². The summed E-state index contributed by atoms with van der Waals surface area (Å²) in [5, 5.41) is 9.13. The van der Waals surface area contributed by atoms with Gasteiger partial charge in [0.15, 0.2) is 0 Å². The molecule has 2 rings (SSSR count). The Morgan fingerprint density at radius 1 is 1.35 bits per heavy atom. The number of carboxylic acids is 1. The van der Waals surface area contributed by atoms with E-state index in [4.69, 9.17) is 14.6 Å². The number of hydrogen-bond donors (Lipinski definition) is 1. The van der Waals surface area contributed by atoms with Gasteiger partial charge in [-0.2, -0.15) is 0 Å². The molecule has 1 fully saturated rings. The van der Waals surface area contributed by atoms with Crippen LogP contribution >= 0.6 is 11.8 Å². The molecular weight excluding hydrogens is 282 g/mol. The van der Waals surface area contributed by atoms with E-state index < -0.39 is 12.0 Å². The molecule has 1 N–H and O–H groups in total. The van der Waals surface area contributed by atoms with Gasteiger partial charge in [-0.05, 0) is 12.1 Å². The van der Waals surface area contributed by atoms with E-state index in [-0.39, 0.29) is 5.91 Å². The Hall–Kier alpha value is -1.89. The summed E-state index contributed by atoms with van der Waals surface area (Å²) in [4.78, 5) is 25.0. The minimum atomic E-state index is -0.990. The molecule has 1 aromatic rings. The fourth-order valence-electron chi connectivity index (χ4n) is 1.98. The number of ether oxygens (including phenoxy) is 2. The molecule has 1 heterocycles. The molecule has 0 aliphatic carbocycles. The van der Waals surface area contributed by atoms with Crippen molar-refractivity contribution in [1.29, 1.82) is 0 Å². The first-order chi connectivity index (χ1) is 9.58. The topological polar surface area (TPSA) is 76.1 Å². The number of benzene rings is 1. The third-order valence-corrected chi connectivity index (χ3v) is 4.08. The number of carboxylic acid groups (broad SMARTS) is 1. The van der Waals surface area contributed by atoms with Crippen molar-refractivity contribution in [3.05, 3.63) is 23.8 Å². The zero-order chi connectivity index (χ0) is 14.7. The minimum Gasteiger partial charge on any atom is -0.497 e. The van der Waals surface area contributed by atoms with Crippen molar-refractivity contribution >= 4 is 23.6 Å². The average molecular weight is 297 g/mol. The van der Waals surface area contributed by atoms with Crippen LogP contribution in [0.15, 0.2) is 18.2 Å². The second kappa shape index (κ2) is 6.04. The molecule has 6 nitrogen and oxygen atoms in total. The molecular formula is C13H15NO5S. The Balaban J connectivity index is 2.31. The van der Waals surface area contributed by atoms with Crippen molar-refractivity contribution in [3.63, 3.8) is 0 Å². The third kappa shape index (κ3) is 2.67. The number of methoxy groups -OCH3 is 2. The molecule has 108 valence electrons. The minimum absolute atomic E-state index is 0.335. The van der Waals surface area contributed by atoms with Crippen molar-refractivity contribution in [2.75, 3.05) is 25.8 Å². The molecule has 0 spiro atoms. The van der Waals surface area contributed by atoms with Crippen LogP contribution in [0.4, 0.5) is 0 Å². The molecule has 0 radical (unpaired) electrons. The summed E-state index contributed by atoms with van der Waals surface area (Å²) in [7, 11) is 2.98. The lowest BCUT2D eigenvalue weighted by molar-refractivity contribution is -0.140. The van der Waals surface area contributed by atoms with Crippen molar-refractivity contribution in [1.82, 2.24) is 4.90 Å². The average Bonchev–Trinajstić information content (AvgIpc) is 2.95. The molecule has 20 heavy (non-hydrogen) atoms. The van der Waals surface area contributed by atoms with Gasteiger partial charge in [0.25, 0.3) is 5.91 Å². The lowest BCUT2D eigenvalue weighted by atomic mass is 10.1. The molecule has 0 aromatic heterocycles. The summed E-state index contributed by atoms with van der Waals surface area (Å²) in [6.45, 7) is 0. The first kappa shape index (κ1) is 14.5. The molecule has 1 aliphatic heterocycles. The predicted molar refractivity (Wildman–Crippen MR) is 74.5 cm³/mol. The zero-order valence-electron chi connectivity index (χ0n) is 11.2. The first-order valence-corrected chi connectivity index (χ1v) is 7.07. The molecule has 0 saturated carbocycles. The molecule has 7 heteroatoms. The Morgan fingerprint density at radius 2 is 2.10 bits per heavy atom. The maximum atomic E-state index is 12.5. The van der Waals surface area contributed by atoms with Gasteiger partial charge in [-0.1, -0.05) is 0 Å². The van der Waals surface area contributed by atoms with Gasteiger partial charge in [-0.25, -0.2) is 4.79 Å². The Morgan fingerprint density at radius 3 is 2.70 bits per heavy atom. The molecule has 1 amide bonds. The smallest absolute Gasteiger partial charge is 0.327 e. The highest BCUT2D eigenvalue weighted by Gasteiger charge is 2.36. The molecule has 1 saturated heterocycles. The van der Waals surface area contributed by atoms with Gasteiger partial charge in [0.1, 0.15) is 17.5 Å². The fourth-order valence-corrected chi connectivity index (χ4v) is 3.12. The van der Waals surface area contributed by atoms with Crippen LogP contribution in [-0.4, -0.2) is 53.8 Å². The molecule has 1 aromatic carbocycles.